The lowest BCUT2D eigenvalue weighted by atomic mass is 10.2. The normalized spacial score (nSPS) is 18.8. The van der Waals surface area contributed by atoms with Crippen LogP contribution in [0.2, 0.25) is 5.02 Å². The molecule has 1 atom stereocenters. The Balaban J connectivity index is 2.29. The van der Waals surface area contributed by atoms with E-state index in [0.29, 0.717) is 6.42 Å². The number of nitrogens with two attached hydrogens (primary N) is 1. The van der Waals surface area contributed by atoms with Gasteiger partial charge in [0.1, 0.15) is 5.75 Å². The van der Waals surface area contributed by atoms with E-state index < -0.39 is 12.3 Å². The fourth-order valence-electron chi connectivity index (χ4n) is 1.58. The van der Waals surface area contributed by atoms with Crippen LogP contribution in [0.3, 0.4) is 0 Å². The summed E-state index contributed by atoms with van der Waals surface area (Å²) >= 11 is 5.71. The van der Waals surface area contributed by atoms with Gasteiger partial charge in [-0.3, -0.25) is 0 Å². The van der Waals surface area contributed by atoms with Crippen molar-refractivity contribution < 1.29 is 14.6 Å². The number of hydrogen-bond acceptors (Lipinski definition) is 5. The van der Waals surface area contributed by atoms with Gasteiger partial charge in [-0.2, -0.15) is 5.43 Å². The maximum absolute atomic E-state index is 11.6. The largest absolute Gasteiger partial charge is 0.506 e. The summed E-state index contributed by atoms with van der Waals surface area (Å²) in [4.78, 5) is 11.6. The molecule has 1 aliphatic heterocycles. The fraction of sp³-hybridized carbons (Fsp3) is 0.182. The van der Waals surface area contributed by atoms with Crippen LogP contribution >= 0.6 is 11.6 Å². The number of hydrogen-bond donors (Lipinski definition) is 3. The van der Waals surface area contributed by atoms with E-state index in [0.717, 1.165) is 5.01 Å². The van der Waals surface area contributed by atoms with Crippen molar-refractivity contribution in [2.45, 2.75) is 12.6 Å². The Labute approximate surface area is 109 Å². The average molecular weight is 270 g/mol. The quantitative estimate of drug-likeness (QED) is 0.444. The second-order valence-corrected chi connectivity index (χ2v) is 4.13. The molecule has 0 spiro atoms. The molecular formula is C11H12ClN3O3. The first-order valence-corrected chi connectivity index (χ1v) is 5.56. The first-order chi connectivity index (χ1) is 8.52. The van der Waals surface area contributed by atoms with Crippen LogP contribution in [0.25, 0.3) is 0 Å². The Morgan fingerprint density at radius 2 is 2.39 bits per heavy atom. The molecule has 96 valence electrons. The van der Waals surface area contributed by atoms with Crippen molar-refractivity contribution in [3.8, 4) is 5.75 Å². The van der Waals surface area contributed by atoms with E-state index in [-0.39, 0.29) is 22.1 Å². The van der Waals surface area contributed by atoms with Gasteiger partial charge in [-0.15, -0.1) is 6.58 Å². The molecule has 1 heterocycles. The van der Waals surface area contributed by atoms with Gasteiger partial charge < -0.3 is 15.6 Å². The van der Waals surface area contributed by atoms with Crippen molar-refractivity contribution in [2.24, 2.45) is 0 Å². The van der Waals surface area contributed by atoms with Gasteiger partial charge in [0.2, 0.25) is 0 Å². The van der Waals surface area contributed by atoms with Gasteiger partial charge in [-0.25, -0.2) is 9.80 Å². The second-order valence-electron chi connectivity index (χ2n) is 3.72. The third-order valence-corrected chi connectivity index (χ3v) is 2.72. The van der Waals surface area contributed by atoms with E-state index in [9.17, 15) is 9.90 Å². The smallest absolute Gasteiger partial charge is 0.430 e. The first kappa shape index (κ1) is 12.5. The number of rotatable bonds is 3. The molecule has 1 saturated heterocycles. The number of halogens is 1. The minimum Gasteiger partial charge on any atom is -0.506 e. The minimum atomic E-state index is -0.602. The number of nitrogen functional groups attached to an aromatic ring is 1. The highest BCUT2D eigenvalue weighted by atomic mass is 35.5. The standard InChI is InChI=1S/C11H12ClN3O3/c1-2-3-10-14-15(11(17)18-10)8-5-9(16)6(12)4-7(8)13/h2,4-5,10,14,16H,1,3,13H2. The van der Waals surface area contributed by atoms with Crippen molar-refractivity contribution in [3.05, 3.63) is 29.8 Å². The fourth-order valence-corrected chi connectivity index (χ4v) is 1.75. The lowest BCUT2D eigenvalue weighted by molar-refractivity contribution is 0.131. The molecule has 2 rings (SSSR count). The van der Waals surface area contributed by atoms with Crippen LogP contribution in [-0.2, 0) is 4.74 Å². The SMILES string of the molecule is C=CCC1NN(c2cc(O)c(Cl)cc2N)C(=O)O1. The zero-order valence-corrected chi connectivity index (χ0v) is 10.1. The van der Waals surface area contributed by atoms with Crippen LogP contribution in [0.1, 0.15) is 6.42 Å². The Morgan fingerprint density at radius 1 is 1.67 bits per heavy atom. The number of phenolic OH excluding ortho intramolecular Hbond substituents is 1. The summed E-state index contributed by atoms with van der Waals surface area (Å²) in [5.41, 5.74) is 9.09. The monoisotopic (exact) mass is 269 g/mol. The molecule has 1 unspecified atom stereocenters. The number of cyclic esters (lactones) is 1. The summed E-state index contributed by atoms with van der Waals surface area (Å²) in [5.74, 6) is -0.164. The average Bonchev–Trinajstić information content (AvgIpc) is 2.65. The van der Waals surface area contributed by atoms with E-state index in [1.54, 1.807) is 6.08 Å². The highest BCUT2D eigenvalue weighted by molar-refractivity contribution is 6.32. The van der Waals surface area contributed by atoms with Gasteiger partial charge >= 0.3 is 6.09 Å². The van der Waals surface area contributed by atoms with Gasteiger partial charge in [0.25, 0.3) is 0 Å². The van der Waals surface area contributed by atoms with E-state index in [1.165, 1.54) is 12.1 Å². The van der Waals surface area contributed by atoms with Gasteiger partial charge in [0, 0.05) is 12.5 Å². The maximum atomic E-state index is 11.6. The Bertz CT molecular complexity index is 507. The van der Waals surface area contributed by atoms with Crippen LogP contribution in [0.4, 0.5) is 16.2 Å². The Hall–Kier alpha value is -1.92. The lowest BCUT2D eigenvalue weighted by Crippen LogP contribution is -2.37. The minimum absolute atomic E-state index is 0.117. The van der Waals surface area contributed by atoms with Crippen molar-refractivity contribution >= 4 is 29.1 Å². The number of carbonyl (C=O) groups excluding carboxylic acids is 1. The summed E-state index contributed by atoms with van der Waals surface area (Å²) in [6.45, 7) is 3.56. The number of nitrogens with zero attached hydrogens (tertiary/aromatic N) is 1. The predicted molar refractivity (Wildman–Crippen MR) is 68.2 cm³/mol. The molecule has 0 aliphatic carbocycles. The number of benzene rings is 1. The molecule has 0 radical (unpaired) electrons. The summed E-state index contributed by atoms with van der Waals surface area (Å²) in [7, 11) is 0. The van der Waals surface area contributed by atoms with Gasteiger partial charge in [0.15, 0.2) is 6.23 Å². The Kier molecular flexibility index (Phi) is 3.31. The molecule has 4 N–H and O–H groups in total. The molecule has 0 aromatic heterocycles. The summed E-state index contributed by atoms with van der Waals surface area (Å²) < 4.78 is 5.03. The lowest BCUT2D eigenvalue weighted by Gasteiger charge is -2.16. The van der Waals surface area contributed by atoms with Gasteiger partial charge in [-0.05, 0) is 6.07 Å². The number of anilines is 2. The number of aromatic hydroxyl groups is 1. The molecule has 1 aliphatic rings. The highest BCUT2D eigenvalue weighted by Crippen LogP contribution is 2.35. The van der Waals surface area contributed by atoms with Crippen molar-refractivity contribution in [1.29, 1.82) is 0 Å². The van der Waals surface area contributed by atoms with Crippen LogP contribution in [0.5, 0.6) is 5.75 Å². The zero-order chi connectivity index (χ0) is 13.3. The molecule has 1 aromatic carbocycles. The maximum Gasteiger partial charge on any atom is 0.430 e. The number of hydrazine groups is 1. The number of phenols is 1. The van der Waals surface area contributed by atoms with E-state index in [2.05, 4.69) is 12.0 Å². The molecule has 0 bridgehead atoms. The third kappa shape index (κ3) is 2.20. The number of carbonyl (C=O) groups is 1. The molecule has 1 fully saturated rings. The van der Waals surface area contributed by atoms with Gasteiger partial charge in [-0.1, -0.05) is 17.7 Å². The topological polar surface area (TPSA) is 87.8 Å². The second kappa shape index (κ2) is 4.75. The zero-order valence-electron chi connectivity index (χ0n) is 9.39. The number of amides is 1. The van der Waals surface area contributed by atoms with Crippen LogP contribution in [-0.4, -0.2) is 17.4 Å². The van der Waals surface area contributed by atoms with E-state index in [1.807, 2.05) is 0 Å². The van der Waals surface area contributed by atoms with Crippen LogP contribution in [0, 0.1) is 0 Å². The van der Waals surface area contributed by atoms with Crippen molar-refractivity contribution in [1.82, 2.24) is 5.43 Å². The molecule has 18 heavy (non-hydrogen) atoms. The Morgan fingerprint density at radius 3 is 3.06 bits per heavy atom. The molecule has 1 amide bonds. The highest BCUT2D eigenvalue weighted by Gasteiger charge is 2.32. The molecular weight excluding hydrogens is 258 g/mol. The molecule has 7 heteroatoms. The molecule has 1 aromatic rings. The summed E-state index contributed by atoms with van der Waals surface area (Å²) in [6, 6.07) is 2.66. The molecule has 0 saturated carbocycles. The van der Waals surface area contributed by atoms with E-state index >= 15 is 0 Å². The third-order valence-electron chi connectivity index (χ3n) is 2.42. The van der Waals surface area contributed by atoms with Crippen LogP contribution in [0.15, 0.2) is 24.8 Å². The van der Waals surface area contributed by atoms with Crippen molar-refractivity contribution in [3.63, 3.8) is 0 Å². The van der Waals surface area contributed by atoms with Gasteiger partial charge in [0.05, 0.1) is 16.4 Å². The predicted octanol–water partition coefficient (Wildman–Crippen LogP) is 1.99. The van der Waals surface area contributed by atoms with Crippen LogP contribution < -0.4 is 16.2 Å². The van der Waals surface area contributed by atoms with Crippen molar-refractivity contribution in [2.75, 3.05) is 10.7 Å². The number of ether oxygens (including phenoxy) is 1. The number of nitrogens with one attached hydrogen (secondary N) is 1. The summed E-state index contributed by atoms with van der Waals surface area (Å²) in [5, 5.41) is 10.8. The molecule has 6 nitrogen and oxygen atoms in total. The van der Waals surface area contributed by atoms with E-state index in [4.69, 9.17) is 22.1 Å². The first-order valence-electron chi connectivity index (χ1n) is 5.18. The summed E-state index contributed by atoms with van der Waals surface area (Å²) in [6.07, 6.45) is 0.987.